The highest BCUT2D eigenvalue weighted by atomic mass is 16.3. The Morgan fingerprint density at radius 1 is 1.29 bits per heavy atom. The van der Waals surface area contributed by atoms with E-state index in [-0.39, 0.29) is 17.7 Å². The number of amides is 2. The lowest BCUT2D eigenvalue weighted by Gasteiger charge is -2.25. The number of aliphatic hydroxyl groups is 1. The molecule has 1 saturated heterocycles. The van der Waals surface area contributed by atoms with Gasteiger partial charge in [0.2, 0.25) is 5.91 Å². The summed E-state index contributed by atoms with van der Waals surface area (Å²) < 4.78 is 0. The molecule has 1 atom stereocenters. The molecular weight excluding hydrogens is 270 g/mol. The molecule has 1 fully saturated rings. The minimum atomic E-state index is -0.951. The van der Waals surface area contributed by atoms with Crippen LogP contribution in [0.25, 0.3) is 0 Å². The second kappa shape index (κ2) is 8.34. The zero-order chi connectivity index (χ0) is 16.0. The van der Waals surface area contributed by atoms with Crippen LogP contribution in [0, 0.1) is 5.92 Å². The average Bonchev–Trinajstić information content (AvgIpc) is 2.57. The molecule has 1 aliphatic rings. The number of carbonyl (C=O) groups excluding carboxylic acids is 2. The van der Waals surface area contributed by atoms with Crippen molar-refractivity contribution in [3.8, 4) is 0 Å². The number of hydrogen-bond acceptors (Lipinski definition) is 4. The zero-order valence-corrected chi connectivity index (χ0v) is 13.7. The van der Waals surface area contributed by atoms with Gasteiger partial charge in [0.25, 0.3) is 5.91 Å². The second-order valence-corrected chi connectivity index (χ2v) is 6.40. The van der Waals surface area contributed by atoms with E-state index in [2.05, 4.69) is 0 Å². The second-order valence-electron chi connectivity index (χ2n) is 6.40. The van der Waals surface area contributed by atoms with Crippen molar-refractivity contribution in [2.75, 3.05) is 46.8 Å². The third kappa shape index (κ3) is 6.01. The SMILES string of the molecule is CC(C)CC(O)C(=O)N1CCC(=O)N(CCN(C)C)CC1. The number of hydrogen-bond donors (Lipinski definition) is 1. The Labute approximate surface area is 127 Å². The van der Waals surface area contributed by atoms with E-state index in [4.69, 9.17) is 0 Å². The van der Waals surface area contributed by atoms with Crippen molar-refractivity contribution in [2.24, 2.45) is 5.92 Å². The lowest BCUT2D eigenvalue weighted by atomic mass is 10.1. The molecule has 0 spiro atoms. The third-order valence-electron chi connectivity index (χ3n) is 3.70. The van der Waals surface area contributed by atoms with E-state index in [1.54, 1.807) is 4.90 Å². The van der Waals surface area contributed by atoms with Gasteiger partial charge in [-0.3, -0.25) is 9.59 Å². The number of likely N-dealkylation sites (N-methyl/N-ethyl adjacent to an activating group) is 1. The highest BCUT2D eigenvalue weighted by Crippen LogP contribution is 2.11. The Morgan fingerprint density at radius 3 is 2.52 bits per heavy atom. The summed E-state index contributed by atoms with van der Waals surface area (Å²) in [6.07, 6.45) is -0.144. The van der Waals surface area contributed by atoms with Crippen LogP contribution >= 0.6 is 0 Å². The standard InChI is InChI=1S/C15H29N3O3/c1-12(2)11-13(19)15(21)18-6-5-14(20)17(9-10-18)8-7-16(3)4/h12-13,19H,5-11H2,1-4H3. The molecule has 6 heteroatoms. The molecule has 0 saturated carbocycles. The van der Waals surface area contributed by atoms with E-state index in [1.807, 2.05) is 37.7 Å². The average molecular weight is 299 g/mol. The first-order chi connectivity index (χ1) is 9.81. The van der Waals surface area contributed by atoms with Crippen molar-refractivity contribution in [1.29, 1.82) is 0 Å². The van der Waals surface area contributed by atoms with Gasteiger partial charge in [-0.05, 0) is 26.4 Å². The first-order valence-corrected chi connectivity index (χ1v) is 7.70. The van der Waals surface area contributed by atoms with Crippen molar-refractivity contribution in [2.45, 2.75) is 32.8 Å². The molecule has 2 amide bonds. The number of carbonyl (C=O) groups is 2. The Hall–Kier alpha value is -1.14. The first kappa shape index (κ1) is 17.9. The zero-order valence-electron chi connectivity index (χ0n) is 13.7. The molecule has 122 valence electrons. The molecule has 1 unspecified atom stereocenters. The topological polar surface area (TPSA) is 64.1 Å². The van der Waals surface area contributed by atoms with Crippen LogP contribution in [0.5, 0.6) is 0 Å². The molecule has 6 nitrogen and oxygen atoms in total. The number of rotatable bonds is 6. The van der Waals surface area contributed by atoms with Gasteiger partial charge in [-0.15, -0.1) is 0 Å². The smallest absolute Gasteiger partial charge is 0.251 e. The lowest BCUT2D eigenvalue weighted by Crippen LogP contribution is -2.42. The van der Waals surface area contributed by atoms with Gasteiger partial charge >= 0.3 is 0 Å². The largest absolute Gasteiger partial charge is 0.383 e. The van der Waals surface area contributed by atoms with E-state index < -0.39 is 6.10 Å². The molecule has 0 aromatic rings. The van der Waals surface area contributed by atoms with Crippen LogP contribution in [0.1, 0.15) is 26.7 Å². The monoisotopic (exact) mass is 299 g/mol. The maximum absolute atomic E-state index is 12.2. The molecule has 1 N–H and O–H groups in total. The van der Waals surface area contributed by atoms with Crippen molar-refractivity contribution in [1.82, 2.24) is 14.7 Å². The minimum absolute atomic E-state index is 0.0884. The molecule has 0 bridgehead atoms. The quantitative estimate of drug-likeness (QED) is 0.751. The fraction of sp³-hybridized carbons (Fsp3) is 0.867. The molecule has 1 aliphatic heterocycles. The molecule has 0 aromatic heterocycles. The summed E-state index contributed by atoms with van der Waals surface area (Å²) in [5.41, 5.74) is 0. The fourth-order valence-corrected chi connectivity index (χ4v) is 2.40. The van der Waals surface area contributed by atoms with E-state index in [0.29, 0.717) is 39.0 Å². The van der Waals surface area contributed by atoms with Crippen molar-refractivity contribution in [3.63, 3.8) is 0 Å². The summed E-state index contributed by atoms with van der Waals surface area (Å²) in [5, 5.41) is 9.94. The molecule has 0 aliphatic carbocycles. The van der Waals surface area contributed by atoms with Gasteiger partial charge in [-0.1, -0.05) is 13.8 Å². The summed E-state index contributed by atoms with van der Waals surface area (Å²) in [7, 11) is 3.95. The van der Waals surface area contributed by atoms with Crippen LogP contribution in [0.15, 0.2) is 0 Å². The minimum Gasteiger partial charge on any atom is -0.383 e. The van der Waals surface area contributed by atoms with Crippen LogP contribution in [-0.2, 0) is 9.59 Å². The Morgan fingerprint density at radius 2 is 1.95 bits per heavy atom. The van der Waals surface area contributed by atoms with Gasteiger partial charge in [0.05, 0.1) is 0 Å². The molecule has 1 heterocycles. The van der Waals surface area contributed by atoms with Crippen LogP contribution < -0.4 is 0 Å². The molecular formula is C15H29N3O3. The molecule has 1 rings (SSSR count). The van der Waals surface area contributed by atoms with E-state index in [1.165, 1.54) is 0 Å². The van der Waals surface area contributed by atoms with Gasteiger partial charge in [-0.25, -0.2) is 0 Å². The van der Waals surface area contributed by atoms with Crippen molar-refractivity contribution < 1.29 is 14.7 Å². The van der Waals surface area contributed by atoms with Crippen molar-refractivity contribution in [3.05, 3.63) is 0 Å². The Kier molecular flexibility index (Phi) is 7.11. The van der Waals surface area contributed by atoms with Crippen molar-refractivity contribution >= 4 is 11.8 Å². The summed E-state index contributed by atoms with van der Waals surface area (Å²) in [6, 6.07) is 0. The summed E-state index contributed by atoms with van der Waals surface area (Å²) >= 11 is 0. The molecule has 0 radical (unpaired) electrons. The highest BCUT2D eigenvalue weighted by Gasteiger charge is 2.27. The fourth-order valence-electron chi connectivity index (χ4n) is 2.40. The maximum Gasteiger partial charge on any atom is 0.251 e. The summed E-state index contributed by atoms with van der Waals surface area (Å²) in [6.45, 7) is 6.92. The van der Waals surface area contributed by atoms with Crippen LogP contribution in [-0.4, -0.2) is 84.5 Å². The Bertz CT molecular complexity index is 358. The summed E-state index contributed by atoms with van der Waals surface area (Å²) in [5.74, 6) is 0.116. The van der Waals surface area contributed by atoms with Gasteiger partial charge in [0.1, 0.15) is 6.10 Å². The number of aliphatic hydroxyl groups excluding tert-OH is 1. The normalized spacial score (nSPS) is 18.3. The van der Waals surface area contributed by atoms with Gasteiger partial charge in [-0.2, -0.15) is 0 Å². The van der Waals surface area contributed by atoms with Gasteiger partial charge in [0.15, 0.2) is 0 Å². The third-order valence-corrected chi connectivity index (χ3v) is 3.70. The van der Waals surface area contributed by atoms with E-state index in [9.17, 15) is 14.7 Å². The van der Waals surface area contributed by atoms with Gasteiger partial charge < -0.3 is 19.8 Å². The first-order valence-electron chi connectivity index (χ1n) is 7.70. The lowest BCUT2D eigenvalue weighted by molar-refractivity contribution is -0.140. The number of nitrogens with zero attached hydrogens (tertiary/aromatic N) is 3. The highest BCUT2D eigenvalue weighted by molar-refractivity contribution is 5.82. The molecule has 21 heavy (non-hydrogen) atoms. The Balaban J connectivity index is 2.54. The summed E-state index contributed by atoms with van der Waals surface area (Å²) in [4.78, 5) is 29.7. The van der Waals surface area contributed by atoms with Crippen LogP contribution in [0.2, 0.25) is 0 Å². The van der Waals surface area contributed by atoms with E-state index in [0.717, 1.165) is 6.54 Å². The van der Waals surface area contributed by atoms with Crippen LogP contribution in [0.4, 0.5) is 0 Å². The molecule has 0 aromatic carbocycles. The van der Waals surface area contributed by atoms with E-state index >= 15 is 0 Å². The maximum atomic E-state index is 12.2. The van der Waals surface area contributed by atoms with Gasteiger partial charge in [0, 0.05) is 39.1 Å². The predicted octanol–water partition coefficient (Wildman–Crippen LogP) is 0.0159. The predicted molar refractivity (Wildman–Crippen MR) is 81.8 cm³/mol. The van der Waals surface area contributed by atoms with Crippen LogP contribution in [0.3, 0.4) is 0 Å².